The molecule has 0 aliphatic heterocycles. The number of aromatic nitrogens is 1. The number of ether oxygens (including phenoxy) is 1. The average Bonchev–Trinajstić information content (AvgIpc) is 2.35. The third kappa shape index (κ3) is 4.33. The van der Waals surface area contributed by atoms with E-state index in [1.165, 1.54) is 0 Å². The van der Waals surface area contributed by atoms with Gasteiger partial charge in [0.25, 0.3) is 5.91 Å². The third-order valence-corrected chi connectivity index (χ3v) is 2.39. The molecule has 1 heterocycles. The molecular formula is C13H21N3O2. The summed E-state index contributed by atoms with van der Waals surface area (Å²) in [5.74, 6) is -0.127. The first-order valence-electron chi connectivity index (χ1n) is 6.25. The molecule has 0 spiro atoms. The smallest absolute Gasteiger partial charge is 0.255 e. The number of anilines is 1. The molecule has 0 saturated carbocycles. The summed E-state index contributed by atoms with van der Waals surface area (Å²) in [6.07, 6.45) is 1.60. The lowest BCUT2D eigenvalue weighted by Crippen LogP contribution is -2.28. The summed E-state index contributed by atoms with van der Waals surface area (Å²) in [6, 6.07) is 1.88. The Hall–Kier alpha value is -1.62. The minimum Gasteiger partial charge on any atom is -0.385 e. The quantitative estimate of drug-likeness (QED) is 0.722. The summed E-state index contributed by atoms with van der Waals surface area (Å²) in [4.78, 5) is 16.1. The van der Waals surface area contributed by atoms with Gasteiger partial charge in [-0.3, -0.25) is 9.78 Å². The molecular weight excluding hydrogens is 230 g/mol. The number of aryl methyl sites for hydroxylation is 1. The van der Waals surface area contributed by atoms with E-state index >= 15 is 0 Å². The van der Waals surface area contributed by atoms with Crippen LogP contribution in [0.1, 0.15) is 29.9 Å². The average molecular weight is 251 g/mol. The van der Waals surface area contributed by atoms with Gasteiger partial charge in [0.1, 0.15) is 0 Å². The zero-order valence-corrected chi connectivity index (χ0v) is 11.2. The molecule has 0 aliphatic rings. The number of carbonyl (C=O) groups is 1. The van der Waals surface area contributed by atoms with E-state index in [1.54, 1.807) is 6.20 Å². The van der Waals surface area contributed by atoms with Crippen LogP contribution in [0.25, 0.3) is 0 Å². The molecule has 1 amide bonds. The zero-order chi connectivity index (χ0) is 13.4. The van der Waals surface area contributed by atoms with Crippen molar-refractivity contribution in [3.8, 4) is 0 Å². The summed E-state index contributed by atoms with van der Waals surface area (Å²) < 4.78 is 5.17. The van der Waals surface area contributed by atoms with Crippen molar-refractivity contribution in [3.05, 3.63) is 23.5 Å². The first-order chi connectivity index (χ1) is 8.69. The number of pyridine rings is 1. The van der Waals surface area contributed by atoms with Crippen LogP contribution in [-0.4, -0.2) is 37.2 Å². The van der Waals surface area contributed by atoms with Gasteiger partial charge in [-0.25, -0.2) is 0 Å². The van der Waals surface area contributed by atoms with E-state index < -0.39 is 0 Å². The van der Waals surface area contributed by atoms with E-state index in [2.05, 4.69) is 15.6 Å². The van der Waals surface area contributed by atoms with E-state index in [-0.39, 0.29) is 5.91 Å². The first kappa shape index (κ1) is 14.4. The highest BCUT2D eigenvalue weighted by Gasteiger charge is 2.11. The predicted octanol–water partition coefficient (Wildman–Crippen LogP) is 1.59. The lowest BCUT2D eigenvalue weighted by molar-refractivity contribution is 0.0923. The van der Waals surface area contributed by atoms with Gasteiger partial charge < -0.3 is 15.4 Å². The van der Waals surface area contributed by atoms with Crippen molar-refractivity contribution in [2.75, 3.05) is 31.6 Å². The summed E-state index contributed by atoms with van der Waals surface area (Å²) in [6.45, 7) is 8.27. The largest absolute Gasteiger partial charge is 0.385 e. The maximum absolute atomic E-state index is 12.0. The Labute approximate surface area is 108 Å². The van der Waals surface area contributed by atoms with E-state index in [0.29, 0.717) is 25.3 Å². The molecule has 0 unspecified atom stereocenters. The maximum Gasteiger partial charge on any atom is 0.255 e. The number of carbonyl (C=O) groups excluding carboxylic acids is 1. The molecule has 0 saturated heterocycles. The minimum absolute atomic E-state index is 0.127. The molecule has 100 valence electrons. The zero-order valence-electron chi connectivity index (χ0n) is 11.2. The molecule has 1 rings (SSSR count). The Morgan fingerprint density at radius 1 is 1.44 bits per heavy atom. The number of rotatable bonds is 7. The molecule has 0 aromatic carbocycles. The van der Waals surface area contributed by atoms with E-state index in [9.17, 15) is 4.79 Å². The van der Waals surface area contributed by atoms with Gasteiger partial charge in [0.05, 0.1) is 17.9 Å². The molecule has 0 bridgehead atoms. The Kier molecular flexibility index (Phi) is 6.14. The fraction of sp³-hybridized carbons (Fsp3) is 0.538. The number of nitrogens with one attached hydrogen (secondary N) is 2. The molecule has 0 fully saturated rings. The highest BCUT2D eigenvalue weighted by atomic mass is 16.5. The Morgan fingerprint density at radius 2 is 2.22 bits per heavy atom. The minimum atomic E-state index is -0.127. The van der Waals surface area contributed by atoms with Gasteiger partial charge in [0, 0.05) is 31.6 Å². The summed E-state index contributed by atoms with van der Waals surface area (Å²) in [7, 11) is 0. The van der Waals surface area contributed by atoms with E-state index in [0.717, 1.165) is 17.9 Å². The monoisotopic (exact) mass is 251 g/mol. The summed E-state index contributed by atoms with van der Waals surface area (Å²) in [5, 5.41) is 5.98. The second-order valence-electron chi connectivity index (χ2n) is 3.85. The van der Waals surface area contributed by atoms with Crippen LogP contribution in [0.2, 0.25) is 0 Å². The van der Waals surface area contributed by atoms with Crippen molar-refractivity contribution >= 4 is 11.6 Å². The number of nitrogens with zero attached hydrogens (tertiary/aromatic N) is 1. The molecule has 0 radical (unpaired) electrons. The van der Waals surface area contributed by atoms with Crippen molar-refractivity contribution in [2.24, 2.45) is 0 Å². The Bertz CT molecular complexity index is 394. The standard InChI is InChI=1S/C13H21N3O2/c1-4-14-12-8-10(3)16-9-11(12)13(17)15-6-7-18-5-2/h8-9H,4-7H2,1-3H3,(H,14,16)(H,15,17). The molecule has 2 N–H and O–H groups in total. The van der Waals surface area contributed by atoms with Gasteiger partial charge in [0.2, 0.25) is 0 Å². The highest BCUT2D eigenvalue weighted by molar-refractivity contribution is 5.99. The topological polar surface area (TPSA) is 63.2 Å². The lowest BCUT2D eigenvalue weighted by Gasteiger charge is -2.11. The van der Waals surface area contributed by atoms with E-state index in [1.807, 2.05) is 26.8 Å². The van der Waals surface area contributed by atoms with Gasteiger partial charge in [-0.2, -0.15) is 0 Å². The van der Waals surface area contributed by atoms with Gasteiger partial charge >= 0.3 is 0 Å². The SMILES string of the molecule is CCNc1cc(C)ncc1C(=O)NCCOCC. The lowest BCUT2D eigenvalue weighted by atomic mass is 10.2. The van der Waals surface area contributed by atoms with Crippen LogP contribution in [0, 0.1) is 6.92 Å². The first-order valence-corrected chi connectivity index (χ1v) is 6.25. The van der Waals surface area contributed by atoms with Crippen molar-refractivity contribution < 1.29 is 9.53 Å². The number of hydrogen-bond donors (Lipinski definition) is 2. The van der Waals surface area contributed by atoms with E-state index in [4.69, 9.17) is 4.74 Å². The maximum atomic E-state index is 12.0. The molecule has 1 aromatic heterocycles. The van der Waals surface area contributed by atoms with Crippen molar-refractivity contribution in [2.45, 2.75) is 20.8 Å². The second kappa shape index (κ2) is 7.66. The highest BCUT2D eigenvalue weighted by Crippen LogP contribution is 2.15. The van der Waals surface area contributed by atoms with Gasteiger partial charge in [-0.1, -0.05) is 0 Å². The number of hydrogen-bond acceptors (Lipinski definition) is 4. The van der Waals surface area contributed by atoms with Crippen LogP contribution in [0.5, 0.6) is 0 Å². The van der Waals surface area contributed by atoms with Crippen LogP contribution in [-0.2, 0) is 4.74 Å². The molecule has 0 atom stereocenters. The van der Waals surface area contributed by atoms with Crippen LogP contribution in [0.15, 0.2) is 12.3 Å². The van der Waals surface area contributed by atoms with Crippen molar-refractivity contribution in [1.29, 1.82) is 0 Å². The Morgan fingerprint density at radius 3 is 2.89 bits per heavy atom. The van der Waals surface area contributed by atoms with Crippen molar-refractivity contribution in [1.82, 2.24) is 10.3 Å². The predicted molar refractivity (Wildman–Crippen MR) is 72.0 cm³/mol. The summed E-state index contributed by atoms with van der Waals surface area (Å²) in [5.41, 5.74) is 2.27. The van der Waals surface area contributed by atoms with Crippen LogP contribution in [0.4, 0.5) is 5.69 Å². The number of amides is 1. The molecule has 0 aliphatic carbocycles. The molecule has 18 heavy (non-hydrogen) atoms. The van der Waals surface area contributed by atoms with Crippen LogP contribution >= 0.6 is 0 Å². The van der Waals surface area contributed by atoms with Gasteiger partial charge in [-0.05, 0) is 26.8 Å². The third-order valence-electron chi connectivity index (χ3n) is 2.39. The van der Waals surface area contributed by atoms with Gasteiger partial charge in [-0.15, -0.1) is 0 Å². The van der Waals surface area contributed by atoms with Crippen LogP contribution in [0.3, 0.4) is 0 Å². The fourth-order valence-electron chi connectivity index (χ4n) is 1.55. The van der Waals surface area contributed by atoms with Crippen LogP contribution < -0.4 is 10.6 Å². The van der Waals surface area contributed by atoms with Gasteiger partial charge in [0.15, 0.2) is 0 Å². The second-order valence-corrected chi connectivity index (χ2v) is 3.85. The van der Waals surface area contributed by atoms with Crippen molar-refractivity contribution in [3.63, 3.8) is 0 Å². The normalized spacial score (nSPS) is 10.2. The Balaban J connectivity index is 2.66. The molecule has 1 aromatic rings. The fourth-order valence-corrected chi connectivity index (χ4v) is 1.55. The summed E-state index contributed by atoms with van der Waals surface area (Å²) >= 11 is 0. The molecule has 5 heteroatoms. The molecule has 5 nitrogen and oxygen atoms in total.